The molecule has 0 saturated carbocycles. The molecule has 0 aromatic heterocycles. The molecule has 0 aliphatic carbocycles. The minimum Gasteiger partial charge on any atom is -0.303 e. The van der Waals surface area contributed by atoms with E-state index in [1.807, 2.05) is 4.90 Å². The lowest BCUT2D eigenvalue weighted by atomic mass is 9.88. The van der Waals surface area contributed by atoms with Gasteiger partial charge in [0, 0.05) is 25.2 Å². The van der Waals surface area contributed by atoms with Crippen molar-refractivity contribution in [1.29, 1.82) is 0 Å². The lowest BCUT2D eigenvalue weighted by Gasteiger charge is -2.55. The van der Waals surface area contributed by atoms with E-state index in [0.717, 1.165) is 19.5 Å². The monoisotopic (exact) mass is 176 g/mol. The number of piperazine rings is 1. The molecule has 3 fully saturated rings. The highest BCUT2D eigenvalue weighted by Crippen LogP contribution is 2.31. The number of rotatable bonds is 2. The van der Waals surface area contributed by atoms with Gasteiger partial charge in [0.05, 0.1) is 6.54 Å². The Hall–Kier alpha value is -0.220. The Morgan fingerprint density at radius 3 is 2.42 bits per heavy atom. The molecule has 2 unspecified atom stereocenters. The minimum atomic E-state index is -2.17. The van der Waals surface area contributed by atoms with E-state index in [9.17, 15) is 8.78 Å². The average Bonchev–Trinajstić information content (AvgIpc) is 2.00. The van der Waals surface area contributed by atoms with Crippen LogP contribution in [0.5, 0.6) is 0 Å². The van der Waals surface area contributed by atoms with Crippen LogP contribution in [-0.4, -0.2) is 55.0 Å². The van der Waals surface area contributed by atoms with Crippen LogP contribution in [0.25, 0.3) is 0 Å². The van der Waals surface area contributed by atoms with Gasteiger partial charge in [0.1, 0.15) is 0 Å². The zero-order chi connectivity index (χ0) is 8.72. The van der Waals surface area contributed by atoms with Gasteiger partial charge in [0.15, 0.2) is 0 Å². The number of hydrogen-bond donors (Lipinski definition) is 0. The molecule has 3 aliphatic heterocycles. The Labute approximate surface area is 71.1 Å². The molecule has 3 aliphatic rings. The van der Waals surface area contributed by atoms with Crippen LogP contribution >= 0.6 is 0 Å². The summed E-state index contributed by atoms with van der Waals surface area (Å²) in [6.07, 6.45) is -1.05. The lowest BCUT2D eigenvalue weighted by Crippen LogP contribution is -2.68. The number of hydrogen-bond acceptors (Lipinski definition) is 2. The standard InChI is InChI=1S/C8H14F2N2/c1-11-3-6-2-7(4-11)12(6)5-8(9)10/h6-8H,2-5H2,1H3. The van der Waals surface area contributed by atoms with Gasteiger partial charge < -0.3 is 4.90 Å². The Bertz CT molecular complexity index is 162. The minimum absolute atomic E-state index is 0.0246. The third kappa shape index (κ3) is 1.33. The van der Waals surface area contributed by atoms with Crippen molar-refractivity contribution in [1.82, 2.24) is 9.80 Å². The van der Waals surface area contributed by atoms with E-state index in [4.69, 9.17) is 0 Å². The highest BCUT2D eigenvalue weighted by atomic mass is 19.3. The summed E-state index contributed by atoms with van der Waals surface area (Å²) in [5.74, 6) is 0. The van der Waals surface area contributed by atoms with Crippen LogP contribution in [0.2, 0.25) is 0 Å². The second-order valence-electron chi connectivity index (χ2n) is 3.85. The fourth-order valence-electron chi connectivity index (χ4n) is 2.36. The summed E-state index contributed by atoms with van der Waals surface area (Å²) in [7, 11) is 2.05. The number of alkyl halides is 2. The predicted molar refractivity (Wildman–Crippen MR) is 42.4 cm³/mol. The van der Waals surface area contributed by atoms with Gasteiger partial charge in [-0.25, -0.2) is 8.78 Å². The van der Waals surface area contributed by atoms with E-state index in [2.05, 4.69) is 11.9 Å². The molecular formula is C8H14F2N2. The first kappa shape index (κ1) is 8.38. The van der Waals surface area contributed by atoms with Gasteiger partial charge >= 0.3 is 0 Å². The fraction of sp³-hybridized carbons (Fsp3) is 1.00. The molecule has 0 amide bonds. The first-order valence-corrected chi connectivity index (χ1v) is 4.39. The molecule has 12 heavy (non-hydrogen) atoms. The van der Waals surface area contributed by atoms with Gasteiger partial charge in [-0.15, -0.1) is 0 Å². The van der Waals surface area contributed by atoms with E-state index >= 15 is 0 Å². The number of likely N-dealkylation sites (N-methyl/N-ethyl adjacent to an activating group) is 1. The molecule has 2 nitrogen and oxygen atoms in total. The summed E-state index contributed by atoms with van der Waals surface area (Å²) in [6.45, 7) is 1.90. The van der Waals surface area contributed by atoms with Crippen molar-refractivity contribution >= 4 is 0 Å². The van der Waals surface area contributed by atoms with Crippen LogP contribution in [-0.2, 0) is 0 Å². The second-order valence-corrected chi connectivity index (χ2v) is 3.85. The van der Waals surface area contributed by atoms with Crippen molar-refractivity contribution in [3.8, 4) is 0 Å². The molecule has 0 aromatic rings. The zero-order valence-electron chi connectivity index (χ0n) is 7.21. The molecule has 0 radical (unpaired) electrons. The third-order valence-electron chi connectivity index (χ3n) is 2.88. The largest absolute Gasteiger partial charge is 0.303 e. The van der Waals surface area contributed by atoms with Crippen LogP contribution in [0.1, 0.15) is 6.42 Å². The molecule has 3 rings (SSSR count). The van der Waals surface area contributed by atoms with Gasteiger partial charge in [-0.3, -0.25) is 4.90 Å². The summed E-state index contributed by atoms with van der Waals surface area (Å²) in [5, 5.41) is 0. The zero-order valence-corrected chi connectivity index (χ0v) is 7.21. The predicted octanol–water partition coefficient (Wildman–Crippen LogP) is 0.640. The highest BCUT2D eigenvalue weighted by Gasteiger charge is 2.44. The average molecular weight is 176 g/mol. The first-order chi connectivity index (χ1) is 5.66. The molecular weight excluding hydrogens is 162 g/mol. The molecule has 0 aromatic carbocycles. The van der Waals surface area contributed by atoms with Crippen molar-refractivity contribution in [3.63, 3.8) is 0 Å². The number of piperidine rings is 1. The summed E-state index contributed by atoms with van der Waals surface area (Å²) in [5.41, 5.74) is 0. The van der Waals surface area contributed by atoms with Crippen molar-refractivity contribution in [3.05, 3.63) is 0 Å². The quantitative estimate of drug-likeness (QED) is 0.609. The van der Waals surface area contributed by atoms with E-state index in [-0.39, 0.29) is 6.54 Å². The Balaban J connectivity index is 1.87. The Morgan fingerprint density at radius 1 is 1.33 bits per heavy atom. The first-order valence-electron chi connectivity index (χ1n) is 4.39. The van der Waals surface area contributed by atoms with Gasteiger partial charge in [0.25, 0.3) is 6.43 Å². The maximum Gasteiger partial charge on any atom is 0.251 e. The molecule has 3 heterocycles. The van der Waals surface area contributed by atoms with Crippen LogP contribution < -0.4 is 0 Å². The van der Waals surface area contributed by atoms with E-state index < -0.39 is 6.43 Å². The molecule has 70 valence electrons. The lowest BCUT2D eigenvalue weighted by molar-refractivity contribution is -0.0863. The summed E-state index contributed by atoms with van der Waals surface area (Å²) < 4.78 is 24.1. The summed E-state index contributed by atoms with van der Waals surface area (Å²) >= 11 is 0. The maximum absolute atomic E-state index is 12.1. The van der Waals surface area contributed by atoms with Crippen molar-refractivity contribution in [2.75, 3.05) is 26.7 Å². The number of nitrogens with zero attached hydrogens (tertiary/aromatic N) is 2. The fourth-order valence-corrected chi connectivity index (χ4v) is 2.36. The highest BCUT2D eigenvalue weighted by molar-refractivity contribution is 4.99. The third-order valence-corrected chi connectivity index (χ3v) is 2.88. The molecule has 4 heteroatoms. The summed E-state index contributed by atoms with van der Waals surface area (Å²) in [4.78, 5) is 4.17. The topological polar surface area (TPSA) is 6.48 Å². The summed E-state index contributed by atoms with van der Waals surface area (Å²) in [6, 6.07) is 0.811. The van der Waals surface area contributed by atoms with Gasteiger partial charge in [0.2, 0.25) is 0 Å². The number of halogens is 2. The maximum atomic E-state index is 12.1. The van der Waals surface area contributed by atoms with Gasteiger partial charge in [-0.2, -0.15) is 0 Å². The van der Waals surface area contributed by atoms with Crippen LogP contribution in [0, 0.1) is 0 Å². The van der Waals surface area contributed by atoms with Gasteiger partial charge in [-0.1, -0.05) is 0 Å². The molecule has 0 N–H and O–H groups in total. The van der Waals surface area contributed by atoms with Crippen LogP contribution in [0.4, 0.5) is 8.78 Å². The Kier molecular flexibility index (Phi) is 2.04. The van der Waals surface area contributed by atoms with Crippen LogP contribution in [0.15, 0.2) is 0 Å². The molecule has 2 atom stereocenters. The van der Waals surface area contributed by atoms with Crippen molar-refractivity contribution in [2.24, 2.45) is 0 Å². The normalized spacial score (nSPS) is 37.0. The van der Waals surface area contributed by atoms with E-state index in [1.165, 1.54) is 0 Å². The van der Waals surface area contributed by atoms with Crippen molar-refractivity contribution in [2.45, 2.75) is 24.9 Å². The SMILES string of the molecule is CN1CC2CC(C1)N2CC(F)F. The van der Waals surface area contributed by atoms with Crippen molar-refractivity contribution < 1.29 is 8.78 Å². The van der Waals surface area contributed by atoms with E-state index in [1.54, 1.807) is 0 Å². The Morgan fingerprint density at radius 2 is 1.92 bits per heavy atom. The molecule has 0 spiro atoms. The second kappa shape index (κ2) is 2.92. The van der Waals surface area contributed by atoms with Gasteiger partial charge in [-0.05, 0) is 13.5 Å². The number of fused-ring (bicyclic) bond motifs is 2. The molecule has 3 saturated heterocycles. The van der Waals surface area contributed by atoms with E-state index in [0.29, 0.717) is 12.1 Å². The molecule has 2 bridgehead atoms. The smallest absolute Gasteiger partial charge is 0.251 e. The van der Waals surface area contributed by atoms with Crippen LogP contribution in [0.3, 0.4) is 0 Å².